The fourth-order valence-electron chi connectivity index (χ4n) is 1.42. The first-order chi connectivity index (χ1) is 7.41. The Balaban J connectivity index is 2.82. The van der Waals surface area contributed by atoms with E-state index in [1.54, 1.807) is 0 Å². The van der Waals surface area contributed by atoms with Crippen molar-refractivity contribution in [3.63, 3.8) is 0 Å². The van der Waals surface area contributed by atoms with Crippen LogP contribution in [0.2, 0.25) is 0 Å². The minimum Gasteiger partial charge on any atom is -0.463 e. The minimum atomic E-state index is -4.67. The zero-order valence-corrected chi connectivity index (χ0v) is 7.69. The smallest absolute Gasteiger partial charge is 0.435 e. The second-order valence-corrected chi connectivity index (χ2v) is 3.06. The third-order valence-corrected chi connectivity index (χ3v) is 2.04. The van der Waals surface area contributed by atoms with Crippen molar-refractivity contribution in [1.82, 2.24) is 9.78 Å². The van der Waals surface area contributed by atoms with Crippen molar-refractivity contribution in [2.45, 2.75) is 6.18 Å². The molecule has 0 aliphatic carbocycles. The van der Waals surface area contributed by atoms with Crippen LogP contribution in [-0.4, -0.2) is 21.0 Å². The summed E-state index contributed by atoms with van der Waals surface area (Å²) >= 11 is 0. The monoisotopic (exact) mass is 230 g/mol. The molecule has 2 aromatic rings. The fraction of sp³-hybridized carbons (Fsp3) is 0.111. The molecule has 0 spiro atoms. The number of benzene rings is 1. The molecule has 1 aromatic heterocycles. The molecule has 0 amide bonds. The van der Waals surface area contributed by atoms with Crippen LogP contribution in [-0.2, 0) is 6.18 Å². The molecule has 0 saturated heterocycles. The summed E-state index contributed by atoms with van der Waals surface area (Å²) < 4.78 is 37.9. The first-order valence-corrected chi connectivity index (χ1v) is 4.19. The number of para-hydroxylation sites is 1. The van der Waals surface area contributed by atoms with E-state index in [0.29, 0.717) is 4.68 Å². The van der Waals surface area contributed by atoms with E-state index < -0.39 is 18.0 Å². The molecule has 0 bridgehead atoms. The van der Waals surface area contributed by atoms with Gasteiger partial charge in [-0.15, -0.1) is 0 Å². The van der Waals surface area contributed by atoms with E-state index >= 15 is 0 Å². The van der Waals surface area contributed by atoms with Gasteiger partial charge in [0.25, 0.3) is 0 Å². The summed E-state index contributed by atoms with van der Waals surface area (Å²) in [5, 5.41) is 11.5. The van der Waals surface area contributed by atoms with E-state index in [1.807, 2.05) is 0 Å². The number of alkyl halides is 3. The lowest BCUT2D eigenvalue weighted by molar-refractivity contribution is -0.140. The molecule has 1 heterocycles. The normalized spacial score (nSPS) is 11.9. The van der Waals surface area contributed by atoms with E-state index in [1.165, 1.54) is 24.3 Å². The van der Waals surface area contributed by atoms with E-state index in [4.69, 9.17) is 5.11 Å². The number of fused-ring (bicyclic) bond motifs is 1. The molecule has 0 aliphatic rings. The van der Waals surface area contributed by atoms with Crippen LogP contribution in [0.4, 0.5) is 18.0 Å². The average Bonchev–Trinajstić information content (AvgIpc) is 2.56. The molecule has 0 fully saturated rings. The Morgan fingerprint density at radius 1 is 1.31 bits per heavy atom. The topological polar surface area (TPSA) is 55.1 Å². The molecular formula is C9H5F3N2O2. The van der Waals surface area contributed by atoms with E-state index in [2.05, 4.69) is 5.10 Å². The molecule has 0 unspecified atom stereocenters. The molecule has 1 aromatic carbocycles. The largest absolute Gasteiger partial charge is 0.463 e. The highest BCUT2D eigenvalue weighted by molar-refractivity contribution is 5.89. The Morgan fingerprint density at radius 3 is 2.50 bits per heavy atom. The first-order valence-electron chi connectivity index (χ1n) is 4.19. The van der Waals surface area contributed by atoms with Crippen molar-refractivity contribution in [3.05, 3.63) is 30.0 Å². The van der Waals surface area contributed by atoms with Crippen LogP contribution in [0.5, 0.6) is 0 Å². The van der Waals surface area contributed by atoms with Crippen LogP contribution in [0.25, 0.3) is 10.9 Å². The van der Waals surface area contributed by atoms with Crippen LogP contribution in [0.1, 0.15) is 5.69 Å². The van der Waals surface area contributed by atoms with Gasteiger partial charge >= 0.3 is 12.3 Å². The number of nitrogens with zero attached hydrogens (tertiary/aromatic N) is 2. The minimum absolute atomic E-state index is 0.0812. The molecule has 2 rings (SSSR count). The van der Waals surface area contributed by atoms with Gasteiger partial charge in [0, 0.05) is 5.39 Å². The standard InChI is InChI=1S/C9H5F3N2O2/c10-9(11,12)7-5-3-1-2-4-6(5)14(13-7)8(15)16/h1-4H,(H,15,16). The summed E-state index contributed by atoms with van der Waals surface area (Å²) in [5.74, 6) is 0. The number of hydrogen-bond acceptors (Lipinski definition) is 2. The van der Waals surface area contributed by atoms with Gasteiger partial charge in [-0.1, -0.05) is 18.2 Å². The summed E-state index contributed by atoms with van der Waals surface area (Å²) in [5.41, 5.74) is -1.27. The Labute approximate surface area is 86.9 Å². The molecule has 0 atom stereocenters. The highest BCUT2D eigenvalue weighted by atomic mass is 19.4. The summed E-state index contributed by atoms with van der Waals surface area (Å²) in [7, 11) is 0. The number of halogens is 3. The maximum Gasteiger partial charge on any atom is 0.435 e. The molecule has 0 aliphatic heterocycles. The summed E-state index contributed by atoms with van der Waals surface area (Å²) in [4.78, 5) is 10.7. The average molecular weight is 230 g/mol. The van der Waals surface area contributed by atoms with Crippen molar-refractivity contribution in [3.8, 4) is 0 Å². The van der Waals surface area contributed by atoms with Crippen molar-refractivity contribution in [2.75, 3.05) is 0 Å². The Kier molecular flexibility index (Phi) is 2.11. The van der Waals surface area contributed by atoms with Gasteiger partial charge in [-0.05, 0) is 6.07 Å². The lowest BCUT2D eigenvalue weighted by Gasteiger charge is -2.01. The Bertz CT molecular complexity index is 559. The highest BCUT2D eigenvalue weighted by Gasteiger charge is 2.37. The predicted octanol–water partition coefficient (Wildman–Crippen LogP) is 2.58. The van der Waals surface area contributed by atoms with E-state index in [-0.39, 0.29) is 10.9 Å². The van der Waals surface area contributed by atoms with Crippen molar-refractivity contribution in [2.24, 2.45) is 0 Å². The van der Waals surface area contributed by atoms with Crippen LogP contribution in [0.15, 0.2) is 24.3 Å². The maximum atomic E-state index is 12.5. The quantitative estimate of drug-likeness (QED) is 0.756. The van der Waals surface area contributed by atoms with Gasteiger partial charge in [0.05, 0.1) is 5.52 Å². The molecule has 84 valence electrons. The summed E-state index contributed by atoms with van der Waals surface area (Å²) in [6, 6.07) is 5.30. The van der Waals surface area contributed by atoms with Crippen molar-refractivity contribution >= 4 is 17.0 Å². The van der Waals surface area contributed by atoms with E-state index in [0.717, 1.165) is 0 Å². The highest BCUT2D eigenvalue weighted by Crippen LogP contribution is 2.33. The molecule has 0 radical (unpaired) electrons. The van der Waals surface area contributed by atoms with Gasteiger partial charge in [0.15, 0.2) is 5.69 Å². The molecule has 0 saturated carbocycles. The van der Waals surface area contributed by atoms with Gasteiger partial charge in [0.2, 0.25) is 0 Å². The lowest BCUT2D eigenvalue weighted by Crippen LogP contribution is -2.12. The number of aromatic nitrogens is 2. The Hall–Kier alpha value is -2.05. The zero-order valence-electron chi connectivity index (χ0n) is 7.69. The van der Waals surface area contributed by atoms with Crippen molar-refractivity contribution < 1.29 is 23.1 Å². The number of carbonyl (C=O) groups is 1. The number of hydrogen-bond donors (Lipinski definition) is 1. The van der Waals surface area contributed by atoms with Gasteiger partial charge in [-0.25, -0.2) is 4.79 Å². The van der Waals surface area contributed by atoms with E-state index in [9.17, 15) is 18.0 Å². The van der Waals surface area contributed by atoms with Crippen LogP contribution in [0.3, 0.4) is 0 Å². The second kappa shape index (κ2) is 3.22. The van der Waals surface area contributed by atoms with Crippen LogP contribution < -0.4 is 0 Å². The fourth-order valence-corrected chi connectivity index (χ4v) is 1.42. The number of rotatable bonds is 0. The predicted molar refractivity (Wildman–Crippen MR) is 48.2 cm³/mol. The van der Waals surface area contributed by atoms with Gasteiger partial charge in [0.1, 0.15) is 0 Å². The summed E-state index contributed by atoms with van der Waals surface area (Å²) in [6.07, 6.45) is -6.22. The molecule has 1 N–H and O–H groups in total. The zero-order chi connectivity index (χ0) is 11.9. The van der Waals surface area contributed by atoms with Crippen LogP contribution >= 0.6 is 0 Å². The third-order valence-electron chi connectivity index (χ3n) is 2.04. The lowest BCUT2D eigenvalue weighted by atomic mass is 10.2. The first kappa shape index (κ1) is 10.5. The second-order valence-electron chi connectivity index (χ2n) is 3.06. The van der Waals surface area contributed by atoms with Gasteiger partial charge in [-0.2, -0.15) is 23.0 Å². The molecule has 16 heavy (non-hydrogen) atoms. The van der Waals surface area contributed by atoms with Crippen LogP contribution in [0, 0.1) is 0 Å². The van der Waals surface area contributed by atoms with Gasteiger partial charge < -0.3 is 5.11 Å². The SMILES string of the molecule is O=C(O)n1nc(C(F)(F)F)c2ccccc21. The third kappa shape index (κ3) is 1.50. The Morgan fingerprint density at radius 2 is 1.94 bits per heavy atom. The van der Waals surface area contributed by atoms with Gasteiger partial charge in [-0.3, -0.25) is 0 Å². The maximum absolute atomic E-state index is 12.5. The molecular weight excluding hydrogens is 225 g/mol. The summed E-state index contributed by atoms with van der Waals surface area (Å²) in [6.45, 7) is 0. The molecule has 7 heteroatoms. The number of carboxylic acid groups (broad SMARTS) is 1. The van der Waals surface area contributed by atoms with Crippen molar-refractivity contribution in [1.29, 1.82) is 0 Å². The molecule has 4 nitrogen and oxygen atoms in total.